The number of fused-ring (bicyclic) bond motifs is 5. The molecule has 0 bridgehead atoms. The van der Waals surface area contributed by atoms with Crippen LogP contribution in [0.4, 0.5) is 0 Å². The molecule has 4 fully saturated rings. The highest BCUT2D eigenvalue weighted by Crippen LogP contribution is 2.66. The van der Waals surface area contributed by atoms with E-state index in [1.54, 1.807) is 0 Å². The summed E-state index contributed by atoms with van der Waals surface area (Å²) in [7, 11) is 1.87. The summed E-state index contributed by atoms with van der Waals surface area (Å²) < 4.78 is 5.47. The molecule has 26 heavy (non-hydrogen) atoms. The highest BCUT2D eigenvalue weighted by Gasteiger charge is 2.59. The number of rotatable bonds is 4. The zero-order valence-electron chi connectivity index (χ0n) is 17.6. The van der Waals surface area contributed by atoms with Crippen molar-refractivity contribution in [2.24, 2.45) is 58.7 Å². The van der Waals surface area contributed by atoms with Gasteiger partial charge < -0.3 is 9.84 Å². The zero-order valence-corrected chi connectivity index (χ0v) is 17.6. The summed E-state index contributed by atoms with van der Waals surface area (Å²) in [6.45, 7) is 8.74. The fourth-order valence-corrected chi connectivity index (χ4v) is 9.06. The molecule has 4 aliphatic rings. The van der Waals surface area contributed by atoms with Gasteiger partial charge in [0.1, 0.15) is 0 Å². The van der Waals surface area contributed by atoms with Crippen molar-refractivity contribution in [2.45, 2.75) is 72.1 Å². The van der Waals surface area contributed by atoms with Gasteiger partial charge >= 0.3 is 0 Å². The Morgan fingerprint density at radius 3 is 2.54 bits per heavy atom. The van der Waals surface area contributed by atoms with Crippen LogP contribution in [0.3, 0.4) is 0 Å². The zero-order chi connectivity index (χ0) is 18.5. The molecule has 2 nitrogen and oxygen atoms in total. The summed E-state index contributed by atoms with van der Waals surface area (Å²) in [4.78, 5) is 0. The molecule has 0 radical (unpaired) electrons. The summed E-state index contributed by atoms with van der Waals surface area (Å²) in [6, 6.07) is 0. The third-order valence-electron chi connectivity index (χ3n) is 9.80. The standard InChI is InChI=1S/C24H42O2/c1-15-11-22-21-8-6-18-12-17(14-26-4)5-7-19(18)20(21)9-10-24(22,3)23(15)16(2)13-25/h15-23,25H,5-14H2,1-4H3/t15-,16?,17?,18?,19?,20?,21?,22?,23?,24?/m1/s1. The SMILES string of the molecule is COCC1CCC2C(CCC3C2CCC2(C)C3C[C@@H](C)C2C(C)CO)C1. The molecule has 4 saturated carbocycles. The monoisotopic (exact) mass is 362 g/mol. The van der Waals surface area contributed by atoms with Crippen molar-refractivity contribution >= 4 is 0 Å². The van der Waals surface area contributed by atoms with E-state index in [9.17, 15) is 5.11 Å². The van der Waals surface area contributed by atoms with Gasteiger partial charge in [-0.1, -0.05) is 20.8 Å². The van der Waals surface area contributed by atoms with Crippen LogP contribution in [0, 0.1) is 58.7 Å². The fraction of sp³-hybridized carbons (Fsp3) is 1.00. The highest BCUT2D eigenvalue weighted by molar-refractivity contribution is 5.08. The van der Waals surface area contributed by atoms with E-state index in [1.807, 2.05) is 7.11 Å². The second kappa shape index (κ2) is 7.39. The molecule has 4 aliphatic carbocycles. The van der Waals surface area contributed by atoms with Gasteiger partial charge in [0.2, 0.25) is 0 Å². The van der Waals surface area contributed by atoms with E-state index in [0.29, 0.717) is 17.9 Å². The van der Waals surface area contributed by atoms with E-state index in [4.69, 9.17) is 4.74 Å². The summed E-state index contributed by atoms with van der Waals surface area (Å²) in [5, 5.41) is 9.86. The summed E-state index contributed by atoms with van der Waals surface area (Å²) in [5.41, 5.74) is 0.489. The lowest BCUT2D eigenvalue weighted by atomic mass is 9.48. The molecule has 0 heterocycles. The molecule has 1 N–H and O–H groups in total. The Hall–Kier alpha value is -0.0800. The first kappa shape index (κ1) is 19.2. The van der Waals surface area contributed by atoms with Crippen LogP contribution in [0.25, 0.3) is 0 Å². The molecule has 2 heteroatoms. The van der Waals surface area contributed by atoms with Crippen LogP contribution in [-0.2, 0) is 4.74 Å². The van der Waals surface area contributed by atoms with Gasteiger partial charge in [0.15, 0.2) is 0 Å². The van der Waals surface area contributed by atoms with Crippen LogP contribution in [-0.4, -0.2) is 25.4 Å². The maximum Gasteiger partial charge on any atom is 0.0490 e. The number of ether oxygens (including phenoxy) is 1. The molecule has 9 unspecified atom stereocenters. The Morgan fingerprint density at radius 1 is 1.04 bits per heavy atom. The number of hydrogen-bond acceptors (Lipinski definition) is 2. The third-order valence-corrected chi connectivity index (χ3v) is 9.80. The number of aliphatic hydroxyl groups excluding tert-OH is 1. The average molecular weight is 363 g/mol. The van der Waals surface area contributed by atoms with Crippen LogP contribution in [0.15, 0.2) is 0 Å². The van der Waals surface area contributed by atoms with Crippen molar-refractivity contribution in [1.82, 2.24) is 0 Å². The smallest absolute Gasteiger partial charge is 0.0490 e. The van der Waals surface area contributed by atoms with Crippen LogP contribution >= 0.6 is 0 Å². The van der Waals surface area contributed by atoms with Crippen molar-refractivity contribution in [3.8, 4) is 0 Å². The Bertz CT molecular complexity index is 491. The van der Waals surface area contributed by atoms with Crippen molar-refractivity contribution in [2.75, 3.05) is 20.3 Å². The molecular formula is C24H42O2. The number of aliphatic hydroxyl groups is 1. The van der Waals surface area contributed by atoms with E-state index in [1.165, 1.54) is 51.4 Å². The predicted molar refractivity (Wildman–Crippen MR) is 107 cm³/mol. The average Bonchev–Trinajstić information content (AvgIpc) is 2.91. The van der Waals surface area contributed by atoms with Crippen molar-refractivity contribution in [1.29, 1.82) is 0 Å². The Morgan fingerprint density at radius 2 is 1.81 bits per heavy atom. The normalized spacial score (nSPS) is 52.0. The second-order valence-corrected chi connectivity index (χ2v) is 11.0. The quantitative estimate of drug-likeness (QED) is 0.726. The van der Waals surface area contributed by atoms with Gasteiger partial charge in [-0.15, -0.1) is 0 Å². The van der Waals surface area contributed by atoms with Gasteiger partial charge in [-0.05, 0) is 110 Å². The predicted octanol–water partition coefficient (Wildman–Crippen LogP) is 5.39. The van der Waals surface area contributed by atoms with Crippen LogP contribution in [0.1, 0.15) is 72.1 Å². The van der Waals surface area contributed by atoms with Gasteiger partial charge in [0.05, 0.1) is 0 Å². The molecule has 10 atom stereocenters. The molecule has 0 amide bonds. The summed E-state index contributed by atoms with van der Waals surface area (Å²) in [5.74, 6) is 7.72. The number of methoxy groups -OCH3 is 1. The van der Waals surface area contributed by atoms with E-state index >= 15 is 0 Å². The first-order chi connectivity index (χ1) is 12.5. The third kappa shape index (κ3) is 2.98. The molecule has 4 rings (SSSR count). The van der Waals surface area contributed by atoms with Crippen LogP contribution in [0.2, 0.25) is 0 Å². The topological polar surface area (TPSA) is 29.5 Å². The molecule has 0 aromatic carbocycles. The fourth-order valence-electron chi connectivity index (χ4n) is 9.06. The first-order valence-electron chi connectivity index (χ1n) is 11.6. The summed E-state index contributed by atoms with van der Waals surface area (Å²) in [6.07, 6.45) is 11.6. The van der Waals surface area contributed by atoms with Crippen LogP contribution < -0.4 is 0 Å². The van der Waals surface area contributed by atoms with E-state index in [2.05, 4.69) is 20.8 Å². The molecule has 0 saturated heterocycles. The highest BCUT2D eigenvalue weighted by atomic mass is 16.5. The molecule has 150 valence electrons. The first-order valence-corrected chi connectivity index (χ1v) is 11.6. The number of hydrogen-bond donors (Lipinski definition) is 1. The minimum absolute atomic E-state index is 0.372. The lowest BCUT2D eigenvalue weighted by Crippen LogP contribution is -2.49. The van der Waals surface area contributed by atoms with Gasteiger partial charge in [-0.3, -0.25) is 0 Å². The van der Waals surface area contributed by atoms with Gasteiger partial charge in [0, 0.05) is 20.3 Å². The Balaban J connectivity index is 1.51. The molecule has 0 spiro atoms. The lowest BCUT2D eigenvalue weighted by molar-refractivity contribution is -0.0802. The minimum Gasteiger partial charge on any atom is -0.396 e. The molecule has 0 aromatic heterocycles. The van der Waals surface area contributed by atoms with Gasteiger partial charge in [-0.2, -0.15) is 0 Å². The minimum atomic E-state index is 0.372. The maximum absolute atomic E-state index is 9.86. The Kier molecular flexibility index (Phi) is 5.47. The van der Waals surface area contributed by atoms with E-state index in [0.717, 1.165) is 54.0 Å². The largest absolute Gasteiger partial charge is 0.396 e. The van der Waals surface area contributed by atoms with E-state index in [-0.39, 0.29) is 0 Å². The van der Waals surface area contributed by atoms with Crippen molar-refractivity contribution in [3.05, 3.63) is 0 Å². The Labute approximate surface area is 161 Å². The summed E-state index contributed by atoms with van der Waals surface area (Å²) >= 11 is 0. The van der Waals surface area contributed by atoms with Crippen LogP contribution in [0.5, 0.6) is 0 Å². The van der Waals surface area contributed by atoms with Crippen molar-refractivity contribution < 1.29 is 9.84 Å². The van der Waals surface area contributed by atoms with Gasteiger partial charge in [0.25, 0.3) is 0 Å². The molecule has 0 aromatic rings. The molecular weight excluding hydrogens is 320 g/mol. The second-order valence-electron chi connectivity index (χ2n) is 11.0. The van der Waals surface area contributed by atoms with Gasteiger partial charge in [-0.25, -0.2) is 0 Å². The van der Waals surface area contributed by atoms with Crippen molar-refractivity contribution in [3.63, 3.8) is 0 Å². The van der Waals surface area contributed by atoms with E-state index < -0.39 is 0 Å². The maximum atomic E-state index is 9.86. The molecule has 0 aliphatic heterocycles. The lowest BCUT2D eigenvalue weighted by Gasteiger charge is -2.56.